The molecule has 0 saturated heterocycles. The minimum atomic E-state index is -0.227. The molecule has 0 aliphatic heterocycles. The number of hydrogen-bond donors (Lipinski definition) is 2. The van der Waals surface area contributed by atoms with Crippen LogP contribution < -0.4 is 10.6 Å². The topological polar surface area (TPSA) is 58.2 Å². The molecule has 1 aromatic carbocycles. The van der Waals surface area contributed by atoms with Crippen LogP contribution in [0, 0.1) is 5.92 Å². The molecule has 2 amide bonds. The van der Waals surface area contributed by atoms with Crippen LogP contribution in [0.4, 0.5) is 5.69 Å². The fourth-order valence-corrected chi connectivity index (χ4v) is 3.92. The number of halogens is 1. The van der Waals surface area contributed by atoms with Crippen molar-refractivity contribution in [3.8, 4) is 0 Å². The Bertz CT molecular complexity index is 761. The lowest BCUT2D eigenvalue weighted by Crippen LogP contribution is -2.41. The summed E-state index contributed by atoms with van der Waals surface area (Å²) in [5.41, 5.74) is 0.952. The van der Waals surface area contributed by atoms with E-state index in [4.69, 9.17) is 11.6 Å². The van der Waals surface area contributed by atoms with Crippen LogP contribution in [-0.4, -0.2) is 17.9 Å². The van der Waals surface area contributed by atoms with Crippen LogP contribution in [0.5, 0.6) is 0 Å². The van der Waals surface area contributed by atoms with Crippen molar-refractivity contribution in [2.45, 2.75) is 38.6 Å². The summed E-state index contributed by atoms with van der Waals surface area (Å²) in [6, 6.07) is 8.74. The molecule has 1 aliphatic carbocycles. The lowest BCUT2D eigenvalue weighted by atomic mass is 9.86. The maximum atomic E-state index is 12.6. The van der Waals surface area contributed by atoms with E-state index >= 15 is 0 Å². The van der Waals surface area contributed by atoms with Gasteiger partial charge in [0.15, 0.2) is 0 Å². The van der Waals surface area contributed by atoms with Crippen molar-refractivity contribution in [1.29, 1.82) is 0 Å². The maximum absolute atomic E-state index is 12.6. The molecule has 1 heterocycles. The Hall–Kier alpha value is -1.85. The van der Waals surface area contributed by atoms with Gasteiger partial charge < -0.3 is 10.6 Å². The highest BCUT2D eigenvalue weighted by molar-refractivity contribution is 7.12. The second-order valence-electron chi connectivity index (χ2n) is 6.47. The summed E-state index contributed by atoms with van der Waals surface area (Å²) in [6.07, 6.45) is 4.54. The highest BCUT2D eigenvalue weighted by atomic mass is 35.5. The van der Waals surface area contributed by atoms with Crippen LogP contribution >= 0.6 is 22.9 Å². The van der Waals surface area contributed by atoms with E-state index in [1.165, 1.54) is 17.8 Å². The molecule has 3 rings (SSSR count). The number of nitrogens with one attached hydrogen (secondary N) is 2. The summed E-state index contributed by atoms with van der Waals surface area (Å²) in [4.78, 5) is 25.4. The minimum Gasteiger partial charge on any atom is -0.349 e. The van der Waals surface area contributed by atoms with Gasteiger partial charge in [0.05, 0.1) is 15.6 Å². The number of benzene rings is 1. The Balaban J connectivity index is 1.72. The van der Waals surface area contributed by atoms with Gasteiger partial charge in [0.1, 0.15) is 0 Å². The molecule has 0 radical (unpaired) electrons. The number of anilines is 1. The zero-order chi connectivity index (χ0) is 17.8. The highest BCUT2D eigenvalue weighted by Gasteiger charge is 2.23. The lowest BCUT2D eigenvalue weighted by molar-refractivity contribution is 0.0909. The first kappa shape index (κ1) is 18.0. The van der Waals surface area contributed by atoms with Crippen molar-refractivity contribution in [3.63, 3.8) is 0 Å². The van der Waals surface area contributed by atoms with Gasteiger partial charge in [0, 0.05) is 11.6 Å². The first-order chi connectivity index (χ1) is 12.0. The lowest BCUT2D eigenvalue weighted by Gasteiger charge is -2.29. The molecule has 25 heavy (non-hydrogen) atoms. The van der Waals surface area contributed by atoms with Crippen molar-refractivity contribution in [3.05, 3.63) is 51.2 Å². The molecule has 2 unspecified atom stereocenters. The predicted octanol–water partition coefficient (Wildman–Crippen LogP) is 4.96. The smallest absolute Gasteiger partial charge is 0.265 e. The summed E-state index contributed by atoms with van der Waals surface area (Å²) < 4.78 is 0. The van der Waals surface area contributed by atoms with Crippen molar-refractivity contribution in [2.24, 2.45) is 5.92 Å². The van der Waals surface area contributed by atoms with Crippen LogP contribution in [0.3, 0.4) is 0 Å². The van der Waals surface area contributed by atoms with E-state index in [1.807, 2.05) is 11.4 Å². The second-order valence-corrected chi connectivity index (χ2v) is 7.82. The molecule has 2 aromatic rings. The molecule has 2 atom stereocenters. The number of rotatable bonds is 4. The predicted molar refractivity (Wildman–Crippen MR) is 103 cm³/mol. The van der Waals surface area contributed by atoms with Gasteiger partial charge in [-0.15, -0.1) is 11.3 Å². The van der Waals surface area contributed by atoms with Crippen LogP contribution in [0.2, 0.25) is 5.02 Å². The summed E-state index contributed by atoms with van der Waals surface area (Å²) in [7, 11) is 0. The summed E-state index contributed by atoms with van der Waals surface area (Å²) in [5.74, 6) is 0.139. The molecular weight excluding hydrogens is 356 g/mol. The Morgan fingerprint density at radius 2 is 1.96 bits per heavy atom. The average Bonchev–Trinajstić information content (AvgIpc) is 3.13. The van der Waals surface area contributed by atoms with Crippen molar-refractivity contribution < 1.29 is 9.59 Å². The highest BCUT2D eigenvalue weighted by Crippen LogP contribution is 2.26. The van der Waals surface area contributed by atoms with Crippen LogP contribution in [0.15, 0.2) is 35.7 Å². The van der Waals surface area contributed by atoms with E-state index < -0.39 is 0 Å². The Kier molecular flexibility index (Phi) is 5.76. The van der Waals surface area contributed by atoms with Gasteiger partial charge in [-0.25, -0.2) is 0 Å². The normalized spacial score (nSPS) is 20.1. The van der Waals surface area contributed by atoms with Crippen molar-refractivity contribution >= 4 is 40.4 Å². The molecule has 6 heteroatoms. The molecule has 1 fully saturated rings. The van der Waals surface area contributed by atoms with Gasteiger partial charge in [-0.2, -0.15) is 0 Å². The van der Waals surface area contributed by atoms with Crippen molar-refractivity contribution in [1.82, 2.24) is 5.32 Å². The SMILES string of the molecule is CC1CCCCC1NC(=O)c1ccc(Cl)c(NC(=O)c2cccs2)c1. The molecule has 1 aromatic heterocycles. The largest absolute Gasteiger partial charge is 0.349 e. The third-order valence-corrected chi connectivity index (χ3v) is 5.85. The number of carbonyl (C=O) groups is 2. The molecule has 1 aliphatic rings. The van der Waals surface area contributed by atoms with Gasteiger partial charge in [0.2, 0.25) is 0 Å². The zero-order valence-corrected chi connectivity index (χ0v) is 15.6. The zero-order valence-electron chi connectivity index (χ0n) is 14.0. The van der Waals surface area contributed by atoms with E-state index in [0.717, 1.165) is 19.3 Å². The standard InChI is InChI=1S/C19H21ClN2O2S/c1-12-5-2-3-6-15(12)21-18(23)13-8-9-14(20)16(11-13)22-19(24)17-7-4-10-25-17/h4,7-12,15H,2-3,5-6H2,1H3,(H,21,23)(H,22,24). The van der Waals surface area contributed by atoms with E-state index in [-0.39, 0.29) is 17.9 Å². The minimum absolute atomic E-state index is 0.123. The summed E-state index contributed by atoms with van der Waals surface area (Å²) >= 11 is 7.53. The van der Waals surface area contributed by atoms with Gasteiger partial charge in [-0.05, 0) is 48.4 Å². The van der Waals surface area contributed by atoms with E-state index in [2.05, 4.69) is 17.6 Å². The summed E-state index contributed by atoms with van der Waals surface area (Å²) in [5, 5.41) is 8.15. The number of carbonyl (C=O) groups excluding carboxylic acids is 2. The van der Waals surface area contributed by atoms with E-state index in [0.29, 0.717) is 27.1 Å². The van der Waals surface area contributed by atoms with Gasteiger partial charge in [-0.1, -0.05) is 37.4 Å². The third-order valence-electron chi connectivity index (χ3n) is 4.65. The number of thiophene rings is 1. The number of hydrogen-bond acceptors (Lipinski definition) is 3. The van der Waals surface area contributed by atoms with E-state index in [1.54, 1.807) is 24.3 Å². The molecule has 2 N–H and O–H groups in total. The van der Waals surface area contributed by atoms with Crippen LogP contribution in [0.1, 0.15) is 52.6 Å². The van der Waals surface area contributed by atoms with Gasteiger partial charge >= 0.3 is 0 Å². The monoisotopic (exact) mass is 376 g/mol. The average molecular weight is 377 g/mol. The first-order valence-corrected chi connectivity index (χ1v) is 9.75. The molecular formula is C19H21ClN2O2S. The fourth-order valence-electron chi connectivity index (χ4n) is 3.14. The molecule has 132 valence electrons. The first-order valence-electron chi connectivity index (χ1n) is 8.50. The summed E-state index contributed by atoms with van der Waals surface area (Å²) in [6.45, 7) is 2.18. The number of amides is 2. The van der Waals surface area contributed by atoms with Gasteiger partial charge in [-0.3, -0.25) is 9.59 Å². The molecule has 0 spiro atoms. The van der Waals surface area contributed by atoms with Crippen LogP contribution in [0.25, 0.3) is 0 Å². The van der Waals surface area contributed by atoms with Crippen LogP contribution in [-0.2, 0) is 0 Å². The Morgan fingerprint density at radius 1 is 1.16 bits per heavy atom. The Morgan fingerprint density at radius 3 is 2.68 bits per heavy atom. The second kappa shape index (κ2) is 8.02. The maximum Gasteiger partial charge on any atom is 0.265 e. The third kappa shape index (κ3) is 4.41. The quantitative estimate of drug-likeness (QED) is 0.792. The van der Waals surface area contributed by atoms with E-state index in [9.17, 15) is 9.59 Å². The van der Waals surface area contributed by atoms with Crippen molar-refractivity contribution in [2.75, 3.05) is 5.32 Å². The Labute approximate surface area is 156 Å². The molecule has 0 bridgehead atoms. The molecule has 1 saturated carbocycles. The molecule has 4 nitrogen and oxygen atoms in total. The van der Waals surface area contributed by atoms with Gasteiger partial charge in [0.25, 0.3) is 11.8 Å². The fraction of sp³-hybridized carbons (Fsp3) is 0.368.